The molecule has 1 unspecified atom stereocenters. The summed E-state index contributed by atoms with van der Waals surface area (Å²) in [6.45, 7) is 11.8. The molecule has 0 spiro atoms. The minimum atomic E-state index is -0.111. The minimum absolute atomic E-state index is 0.111. The third kappa shape index (κ3) is 4.21. The summed E-state index contributed by atoms with van der Waals surface area (Å²) in [5, 5.41) is 0.717. The Morgan fingerprint density at radius 3 is 2.65 bits per heavy atom. The van der Waals surface area contributed by atoms with Gasteiger partial charge < -0.3 is 0 Å². The number of halogens is 2. The lowest BCUT2D eigenvalue weighted by Gasteiger charge is -2.17. The van der Waals surface area contributed by atoms with Gasteiger partial charge in [-0.05, 0) is 61.8 Å². The van der Waals surface area contributed by atoms with Crippen LogP contribution in [0.25, 0.3) is 0 Å². The van der Waals surface area contributed by atoms with Crippen molar-refractivity contribution >= 4 is 11.6 Å². The zero-order chi connectivity index (χ0) is 15.3. The van der Waals surface area contributed by atoms with Crippen molar-refractivity contribution in [2.75, 3.05) is 0 Å². The van der Waals surface area contributed by atoms with E-state index in [0.29, 0.717) is 16.5 Å². The molecule has 1 atom stereocenters. The molecule has 0 fully saturated rings. The van der Waals surface area contributed by atoms with Crippen LogP contribution in [0.1, 0.15) is 56.2 Å². The number of hydrogen-bond acceptors (Lipinski definition) is 0. The second kappa shape index (κ2) is 7.64. The SMILES string of the molecule is C=CC(Cl)=C(C)CCc1cc(C)c(F)cc1C(C)CC. The summed E-state index contributed by atoms with van der Waals surface area (Å²) in [5.41, 5.74) is 4.19. The normalized spacial score (nSPS) is 13.9. The molecule has 0 aliphatic heterocycles. The number of benzene rings is 1. The van der Waals surface area contributed by atoms with Crippen LogP contribution < -0.4 is 0 Å². The van der Waals surface area contributed by atoms with Crippen molar-refractivity contribution in [3.8, 4) is 0 Å². The molecule has 0 aliphatic carbocycles. The predicted octanol–water partition coefficient (Wildman–Crippen LogP) is 6.28. The Labute approximate surface area is 127 Å². The zero-order valence-corrected chi connectivity index (χ0v) is 13.6. The Morgan fingerprint density at radius 2 is 2.10 bits per heavy atom. The number of allylic oxidation sites excluding steroid dienone is 3. The van der Waals surface area contributed by atoms with E-state index >= 15 is 0 Å². The van der Waals surface area contributed by atoms with Crippen molar-refractivity contribution in [3.05, 3.63) is 57.9 Å². The highest BCUT2D eigenvalue weighted by Gasteiger charge is 2.12. The lowest BCUT2D eigenvalue weighted by molar-refractivity contribution is 0.607. The van der Waals surface area contributed by atoms with Gasteiger partial charge in [0.25, 0.3) is 0 Å². The Bertz CT molecular complexity index is 514. The summed E-state index contributed by atoms with van der Waals surface area (Å²) in [7, 11) is 0. The van der Waals surface area contributed by atoms with Gasteiger partial charge in [0.2, 0.25) is 0 Å². The molecule has 1 rings (SSSR count). The first-order valence-electron chi connectivity index (χ1n) is 7.17. The van der Waals surface area contributed by atoms with Gasteiger partial charge >= 0.3 is 0 Å². The number of rotatable bonds is 6. The average Bonchev–Trinajstić information content (AvgIpc) is 2.45. The fourth-order valence-electron chi connectivity index (χ4n) is 2.27. The van der Waals surface area contributed by atoms with Crippen LogP contribution in [0.4, 0.5) is 4.39 Å². The molecule has 0 amide bonds. The Hall–Kier alpha value is -1.08. The van der Waals surface area contributed by atoms with E-state index < -0.39 is 0 Å². The van der Waals surface area contributed by atoms with Crippen LogP contribution in [0.2, 0.25) is 0 Å². The molecule has 1 aromatic carbocycles. The Balaban J connectivity index is 3.05. The van der Waals surface area contributed by atoms with Gasteiger partial charge in [0.1, 0.15) is 5.82 Å². The molecule has 110 valence electrons. The standard InChI is InChI=1S/C18H24ClF/c1-6-12(3)16-11-18(20)14(5)10-15(16)9-8-13(4)17(19)7-2/h7,10-12H,2,6,8-9H2,1,3-5H3. The van der Waals surface area contributed by atoms with Crippen molar-refractivity contribution < 1.29 is 4.39 Å². The molecule has 0 saturated carbocycles. The Morgan fingerprint density at radius 1 is 1.45 bits per heavy atom. The first-order chi connectivity index (χ1) is 9.40. The van der Waals surface area contributed by atoms with Crippen LogP contribution >= 0.6 is 11.6 Å². The third-order valence-electron chi connectivity index (χ3n) is 3.92. The topological polar surface area (TPSA) is 0 Å². The van der Waals surface area contributed by atoms with Crippen molar-refractivity contribution in [1.82, 2.24) is 0 Å². The lowest BCUT2D eigenvalue weighted by atomic mass is 9.89. The van der Waals surface area contributed by atoms with Gasteiger partial charge in [0.15, 0.2) is 0 Å². The van der Waals surface area contributed by atoms with Gasteiger partial charge in [-0.25, -0.2) is 4.39 Å². The molecule has 0 N–H and O–H groups in total. The summed E-state index contributed by atoms with van der Waals surface area (Å²) in [6.07, 6.45) is 4.44. The van der Waals surface area contributed by atoms with Gasteiger partial charge in [-0.2, -0.15) is 0 Å². The van der Waals surface area contributed by atoms with E-state index in [1.165, 1.54) is 5.56 Å². The molecule has 0 radical (unpaired) electrons. The van der Waals surface area contributed by atoms with Crippen LogP contribution in [0.15, 0.2) is 35.4 Å². The monoisotopic (exact) mass is 294 g/mol. The lowest BCUT2D eigenvalue weighted by Crippen LogP contribution is -2.02. The largest absolute Gasteiger partial charge is 0.207 e. The summed E-state index contributed by atoms with van der Waals surface area (Å²) < 4.78 is 13.8. The van der Waals surface area contributed by atoms with Gasteiger partial charge in [-0.15, -0.1) is 0 Å². The molecular weight excluding hydrogens is 271 g/mol. The van der Waals surface area contributed by atoms with Crippen LogP contribution in [-0.2, 0) is 6.42 Å². The minimum Gasteiger partial charge on any atom is -0.207 e. The van der Waals surface area contributed by atoms with Gasteiger partial charge in [0, 0.05) is 5.03 Å². The maximum atomic E-state index is 13.8. The van der Waals surface area contributed by atoms with Crippen molar-refractivity contribution in [2.24, 2.45) is 0 Å². The summed E-state index contributed by atoms with van der Waals surface area (Å²) >= 11 is 6.07. The van der Waals surface area contributed by atoms with E-state index in [0.717, 1.165) is 30.4 Å². The van der Waals surface area contributed by atoms with Crippen LogP contribution in [0, 0.1) is 12.7 Å². The molecular formula is C18H24ClF. The molecule has 0 aromatic heterocycles. The van der Waals surface area contributed by atoms with Crippen LogP contribution in [-0.4, -0.2) is 0 Å². The van der Waals surface area contributed by atoms with Gasteiger partial charge in [0.05, 0.1) is 0 Å². The molecule has 1 aromatic rings. The van der Waals surface area contributed by atoms with Crippen LogP contribution in [0.3, 0.4) is 0 Å². The van der Waals surface area contributed by atoms with E-state index in [9.17, 15) is 4.39 Å². The van der Waals surface area contributed by atoms with Crippen molar-refractivity contribution in [2.45, 2.75) is 52.9 Å². The molecule has 20 heavy (non-hydrogen) atoms. The molecule has 0 bridgehead atoms. The van der Waals surface area contributed by atoms with Crippen molar-refractivity contribution in [1.29, 1.82) is 0 Å². The van der Waals surface area contributed by atoms with Crippen molar-refractivity contribution in [3.63, 3.8) is 0 Å². The smallest absolute Gasteiger partial charge is 0.126 e. The van der Waals surface area contributed by atoms with E-state index in [1.807, 2.05) is 19.9 Å². The van der Waals surface area contributed by atoms with E-state index in [2.05, 4.69) is 20.4 Å². The molecule has 0 aliphatic rings. The van der Waals surface area contributed by atoms with E-state index in [4.69, 9.17) is 11.6 Å². The van der Waals surface area contributed by atoms with E-state index in [1.54, 1.807) is 12.1 Å². The molecule has 0 heterocycles. The highest BCUT2D eigenvalue weighted by atomic mass is 35.5. The zero-order valence-electron chi connectivity index (χ0n) is 12.9. The van der Waals surface area contributed by atoms with Gasteiger partial charge in [-0.1, -0.05) is 49.7 Å². The first-order valence-corrected chi connectivity index (χ1v) is 7.55. The number of hydrogen-bond donors (Lipinski definition) is 0. The first kappa shape index (κ1) is 17.0. The maximum absolute atomic E-state index is 13.8. The second-order valence-electron chi connectivity index (χ2n) is 5.44. The fraction of sp³-hybridized carbons (Fsp3) is 0.444. The Kier molecular flexibility index (Phi) is 6.48. The third-order valence-corrected chi connectivity index (χ3v) is 4.40. The van der Waals surface area contributed by atoms with Gasteiger partial charge in [-0.3, -0.25) is 0 Å². The highest BCUT2D eigenvalue weighted by molar-refractivity contribution is 6.31. The summed E-state index contributed by atoms with van der Waals surface area (Å²) in [4.78, 5) is 0. The maximum Gasteiger partial charge on any atom is 0.126 e. The summed E-state index contributed by atoms with van der Waals surface area (Å²) in [6, 6.07) is 3.68. The van der Waals surface area contributed by atoms with E-state index in [-0.39, 0.29) is 5.82 Å². The predicted molar refractivity (Wildman–Crippen MR) is 86.9 cm³/mol. The fourth-order valence-corrected chi connectivity index (χ4v) is 2.36. The average molecular weight is 295 g/mol. The van der Waals surface area contributed by atoms with Crippen LogP contribution in [0.5, 0.6) is 0 Å². The second-order valence-corrected chi connectivity index (χ2v) is 5.85. The molecule has 2 heteroatoms. The number of aryl methyl sites for hydroxylation is 2. The molecule has 0 nitrogen and oxygen atoms in total. The quantitative estimate of drug-likeness (QED) is 0.542. The molecule has 0 saturated heterocycles. The summed E-state index contributed by atoms with van der Waals surface area (Å²) in [5.74, 6) is 0.264. The highest BCUT2D eigenvalue weighted by Crippen LogP contribution is 2.28.